The monoisotopic (exact) mass is 186 g/mol. The van der Waals surface area contributed by atoms with Crippen LogP contribution in [-0.2, 0) is 9.59 Å². The molecule has 0 atom stereocenters. The Morgan fingerprint density at radius 3 is 1.21 bits per heavy atom. The molecule has 4 nitrogen and oxygen atoms in total. The maximum absolute atomic E-state index is 9.84. The Hall–Kier alpha value is -2.82. The summed E-state index contributed by atoms with van der Waals surface area (Å²) in [6.07, 6.45) is 0. The lowest BCUT2D eigenvalue weighted by atomic mass is 10.5. The third-order valence-electron chi connectivity index (χ3n) is 0.651. The minimum absolute atomic E-state index is 1.28. The number of hydrogen-bond donors (Lipinski definition) is 2. The molecule has 66 valence electrons. The summed E-state index contributed by atoms with van der Waals surface area (Å²) in [5.74, 6) is 13.5. The average molecular weight is 186 g/mol. The molecule has 0 aromatic carbocycles. The molecule has 0 aromatic rings. The Morgan fingerprint density at radius 1 is 0.643 bits per heavy atom. The molecule has 0 amide bonds. The summed E-state index contributed by atoms with van der Waals surface area (Å²) in [4.78, 5) is 19.7. The summed E-state index contributed by atoms with van der Waals surface area (Å²) in [6, 6.07) is 0. The molecule has 2 N–H and O–H groups in total. The lowest BCUT2D eigenvalue weighted by molar-refractivity contribution is -0.131. The van der Waals surface area contributed by atoms with Crippen LogP contribution in [0.25, 0.3) is 0 Å². The minimum Gasteiger partial charge on any atom is -0.472 e. The van der Waals surface area contributed by atoms with E-state index in [0.29, 0.717) is 0 Å². The first-order chi connectivity index (χ1) is 6.63. The van der Waals surface area contributed by atoms with Crippen molar-refractivity contribution >= 4 is 11.9 Å². The number of rotatable bonds is 0. The van der Waals surface area contributed by atoms with E-state index in [4.69, 9.17) is 10.2 Å². The molecule has 0 aliphatic heterocycles. The maximum atomic E-state index is 9.84. The first-order valence-corrected chi connectivity index (χ1v) is 3.11. The van der Waals surface area contributed by atoms with Crippen molar-refractivity contribution in [2.24, 2.45) is 0 Å². The zero-order valence-corrected chi connectivity index (χ0v) is 6.71. The van der Waals surface area contributed by atoms with Gasteiger partial charge in [-0.25, -0.2) is 9.59 Å². The summed E-state index contributed by atoms with van der Waals surface area (Å²) in [5, 5.41) is 16.1. The van der Waals surface area contributed by atoms with Crippen LogP contribution in [0.3, 0.4) is 0 Å². The molecule has 0 rings (SSSR count). The highest BCUT2D eigenvalue weighted by atomic mass is 16.4. The van der Waals surface area contributed by atoms with E-state index in [9.17, 15) is 9.59 Å². The molecule has 4 heteroatoms. The number of hydrogen-bond acceptors (Lipinski definition) is 2. The second kappa shape index (κ2) is 6.86. The van der Waals surface area contributed by atoms with E-state index in [-0.39, 0.29) is 0 Å². The van der Waals surface area contributed by atoms with E-state index >= 15 is 0 Å². The maximum Gasteiger partial charge on any atom is 0.382 e. The van der Waals surface area contributed by atoms with Crippen molar-refractivity contribution < 1.29 is 19.8 Å². The van der Waals surface area contributed by atoms with Crippen LogP contribution in [0, 0.1) is 47.4 Å². The van der Waals surface area contributed by atoms with Crippen molar-refractivity contribution in [1.82, 2.24) is 0 Å². The molecule has 0 aliphatic rings. The SMILES string of the molecule is O=C(O)C#CC#CC#CC#CC(=O)O. The summed E-state index contributed by atoms with van der Waals surface area (Å²) >= 11 is 0. The fraction of sp³-hybridized carbons (Fsp3) is 0. The van der Waals surface area contributed by atoms with E-state index in [1.165, 1.54) is 0 Å². The zero-order chi connectivity index (χ0) is 10.8. The second-order valence-electron chi connectivity index (χ2n) is 1.61. The van der Waals surface area contributed by atoms with Crippen LogP contribution in [0.5, 0.6) is 0 Å². The molecule has 0 unspecified atom stereocenters. The van der Waals surface area contributed by atoms with Gasteiger partial charge in [0, 0.05) is 11.8 Å². The predicted molar refractivity (Wildman–Crippen MR) is 46.4 cm³/mol. The van der Waals surface area contributed by atoms with Crippen molar-refractivity contribution in [2.45, 2.75) is 0 Å². The third kappa shape index (κ3) is 9.18. The van der Waals surface area contributed by atoms with Gasteiger partial charge in [-0.1, -0.05) is 0 Å². The lowest BCUT2D eigenvalue weighted by Crippen LogP contribution is -1.85. The Bertz CT molecular complexity index is 435. The summed E-state index contributed by atoms with van der Waals surface area (Å²) in [7, 11) is 0. The molecule has 0 aliphatic carbocycles. The molecule has 0 bridgehead atoms. The normalized spacial score (nSPS) is 5.43. The van der Waals surface area contributed by atoms with Gasteiger partial charge in [0.15, 0.2) is 0 Å². The number of aliphatic carboxylic acids is 2. The van der Waals surface area contributed by atoms with Crippen LogP contribution in [0.4, 0.5) is 0 Å². The molecular weight excluding hydrogens is 184 g/mol. The minimum atomic E-state index is -1.28. The average Bonchev–Trinajstić information content (AvgIpc) is 2.08. The van der Waals surface area contributed by atoms with Gasteiger partial charge >= 0.3 is 11.9 Å². The Balaban J connectivity index is 4.21. The molecule has 0 fully saturated rings. The summed E-state index contributed by atoms with van der Waals surface area (Å²) < 4.78 is 0. The topological polar surface area (TPSA) is 74.6 Å². The van der Waals surface area contributed by atoms with Crippen molar-refractivity contribution in [3.8, 4) is 47.4 Å². The fourth-order valence-electron chi connectivity index (χ4n) is 0.294. The molecule has 0 radical (unpaired) electrons. The highest BCUT2D eigenvalue weighted by Crippen LogP contribution is 1.58. The Morgan fingerprint density at radius 2 is 0.929 bits per heavy atom. The van der Waals surface area contributed by atoms with E-state index in [0.717, 1.165) is 0 Å². The van der Waals surface area contributed by atoms with Gasteiger partial charge in [-0.3, -0.25) is 0 Å². The van der Waals surface area contributed by atoms with Crippen LogP contribution >= 0.6 is 0 Å². The van der Waals surface area contributed by atoms with Gasteiger partial charge in [-0.15, -0.1) is 0 Å². The highest BCUT2D eigenvalue weighted by molar-refractivity contribution is 5.87. The highest BCUT2D eigenvalue weighted by Gasteiger charge is 1.79. The Kier molecular flexibility index (Phi) is 5.48. The van der Waals surface area contributed by atoms with E-state index < -0.39 is 11.9 Å². The van der Waals surface area contributed by atoms with Crippen molar-refractivity contribution in [3.05, 3.63) is 0 Å². The van der Waals surface area contributed by atoms with E-state index in [1.54, 1.807) is 11.8 Å². The summed E-state index contributed by atoms with van der Waals surface area (Å²) in [5.41, 5.74) is 0. The quantitative estimate of drug-likeness (QED) is 0.484. The molecule has 0 saturated heterocycles. The molecule has 0 aromatic heterocycles. The van der Waals surface area contributed by atoms with Crippen LogP contribution in [0.1, 0.15) is 0 Å². The molecule has 14 heavy (non-hydrogen) atoms. The largest absolute Gasteiger partial charge is 0.472 e. The van der Waals surface area contributed by atoms with Gasteiger partial charge in [0.25, 0.3) is 0 Å². The van der Waals surface area contributed by atoms with Gasteiger partial charge in [0.05, 0.1) is 0 Å². The van der Waals surface area contributed by atoms with Crippen LogP contribution < -0.4 is 0 Å². The Labute approximate surface area is 79.9 Å². The number of carboxylic acid groups (broad SMARTS) is 2. The molecule has 0 saturated carbocycles. The molecular formula is C10H2O4. The van der Waals surface area contributed by atoms with Gasteiger partial charge in [-0.2, -0.15) is 0 Å². The lowest BCUT2D eigenvalue weighted by Gasteiger charge is -1.64. The second-order valence-corrected chi connectivity index (χ2v) is 1.61. The van der Waals surface area contributed by atoms with Gasteiger partial charge in [-0.05, 0) is 35.5 Å². The zero-order valence-electron chi connectivity index (χ0n) is 6.71. The predicted octanol–water partition coefficient (Wildman–Crippen LogP) is -0.831. The van der Waals surface area contributed by atoms with E-state index in [2.05, 4.69) is 23.7 Å². The van der Waals surface area contributed by atoms with Crippen LogP contribution in [0.15, 0.2) is 0 Å². The number of carboxylic acids is 2. The number of carbonyl (C=O) groups is 2. The van der Waals surface area contributed by atoms with Crippen molar-refractivity contribution in [3.63, 3.8) is 0 Å². The molecule has 0 heterocycles. The summed E-state index contributed by atoms with van der Waals surface area (Å²) in [6.45, 7) is 0. The van der Waals surface area contributed by atoms with Gasteiger partial charge in [0.1, 0.15) is 0 Å². The first-order valence-electron chi connectivity index (χ1n) is 3.11. The van der Waals surface area contributed by atoms with Crippen LogP contribution in [-0.4, -0.2) is 22.2 Å². The smallest absolute Gasteiger partial charge is 0.382 e. The van der Waals surface area contributed by atoms with Crippen molar-refractivity contribution in [2.75, 3.05) is 0 Å². The third-order valence-corrected chi connectivity index (χ3v) is 0.651. The first kappa shape index (κ1) is 11.2. The fourth-order valence-corrected chi connectivity index (χ4v) is 0.294. The van der Waals surface area contributed by atoms with Gasteiger partial charge in [0.2, 0.25) is 0 Å². The van der Waals surface area contributed by atoms with Crippen molar-refractivity contribution in [1.29, 1.82) is 0 Å². The molecule has 0 spiro atoms. The van der Waals surface area contributed by atoms with Gasteiger partial charge < -0.3 is 10.2 Å². The standard InChI is InChI=1S/C10H2O4/c11-9(12)7-5-3-1-2-4-6-8-10(13)14/h(H,11,12)(H,13,14). The van der Waals surface area contributed by atoms with E-state index in [1.807, 2.05) is 11.8 Å². The van der Waals surface area contributed by atoms with Crippen LogP contribution in [0.2, 0.25) is 0 Å².